The van der Waals surface area contributed by atoms with Crippen LogP contribution in [0.1, 0.15) is 13.8 Å². The largest absolute Gasteiger partial charge is 0.368 e. The molecule has 0 amide bonds. The lowest BCUT2D eigenvalue weighted by molar-refractivity contribution is 0.254. The molecule has 2 heterocycles. The van der Waals surface area contributed by atoms with Gasteiger partial charge in [-0.15, -0.1) is 5.10 Å². The minimum Gasteiger partial charge on any atom is -0.368 e. The maximum absolute atomic E-state index is 4.11. The first-order valence-electron chi connectivity index (χ1n) is 5.89. The van der Waals surface area contributed by atoms with Crippen molar-refractivity contribution >= 4 is 11.5 Å². The van der Waals surface area contributed by atoms with Crippen LogP contribution < -0.4 is 5.32 Å². The standard InChI is InChI=1S/C11H19N7/c1-11(2,8-17(3)4)7-13-9-5-12-6-10-14-15-16-18(9)10/h5-6,13H,7-8H2,1-4H3. The number of fused-ring (bicyclic) bond motifs is 1. The highest BCUT2D eigenvalue weighted by Gasteiger charge is 2.19. The van der Waals surface area contributed by atoms with E-state index in [9.17, 15) is 0 Å². The minimum absolute atomic E-state index is 0.152. The predicted molar refractivity (Wildman–Crippen MR) is 69.4 cm³/mol. The van der Waals surface area contributed by atoms with E-state index in [1.54, 1.807) is 16.9 Å². The van der Waals surface area contributed by atoms with Crippen LogP contribution in [0.5, 0.6) is 0 Å². The molecule has 98 valence electrons. The van der Waals surface area contributed by atoms with Gasteiger partial charge in [0, 0.05) is 13.1 Å². The van der Waals surface area contributed by atoms with Crippen molar-refractivity contribution in [3.05, 3.63) is 12.4 Å². The fourth-order valence-corrected chi connectivity index (χ4v) is 2.04. The third-order valence-electron chi connectivity index (χ3n) is 2.60. The van der Waals surface area contributed by atoms with Crippen molar-refractivity contribution in [3.8, 4) is 0 Å². The molecule has 0 aliphatic carbocycles. The van der Waals surface area contributed by atoms with Crippen LogP contribution in [0.4, 0.5) is 5.82 Å². The summed E-state index contributed by atoms with van der Waals surface area (Å²) in [5, 5.41) is 14.8. The zero-order chi connectivity index (χ0) is 13.2. The van der Waals surface area contributed by atoms with Crippen molar-refractivity contribution in [2.75, 3.05) is 32.5 Å². The Balaban J connectivity index is 2.08. The molecule has 18 heavy (non-hydrogen) atoms. The van der Waals surface area contributed by atoms with Gasteiger partial charge < -0.3 is 10.2 Å². The zero-order valence-electron chi connectivity index (χ0n) is 11.3. The smallest absolute Gasteiger partial charge is 0.199 e. The minimum atomic E-state index is 0.152. The van der Waals surface area contributed by atoms with Gasteiger partial charge in [-0.2, -0.15) is 4.52 Å². The molecular formula is C11H19N7. The van der Waals surface area contributed by atoms with Gasteiger partial charge in [0.1, 0.15) is 5.82 Å². The zero-order valence-corrected chi connectivity index (χ0v) is 11.3. The third-order valence-corrected chi connectivity index (χ3v) is 2.60. The number of anilines is 1. The molecule has 1 N–H and O–H groups in total. The van der Waals surface area contributed by atoms with Crippen LogP contribution in [0.3, 0.4) is 0 Å². The van der Waals surface area contributed by atoms with Gasteiger partial charge >= 0.3 is 0 Å². The predicted octanol–water partition coefficient (Wildman–Crippen LogP) is 0.519. The second-order valence-electron chi connectivity index (χ2n) is 5.50. The van der Waals surface area contributed by atoms with Crippen LogP contribution in [-0.2, 0) is 0 Å². The fourth-order valence-electron chi connectivity index (χ4n) is 2.04. The molecule has 0 aliphatic heterocycles. The van der Waals surface area contributed by atoms with Crippen molar-refractivity contribution in [2.24, 2.45) is 5.41 Å². The Kier molecular flexibility index (Phi) is 3.42. The first-order valence-corrected chi connectivity index (χ1v) is 5.89. The second-order valence-corrected chi connectivity index (χ2v) is 5.50. The van der Waals surface area contributed by atoms with Gasteiger partial charge in [-0.05, 0) is 29.9 Å². The monoisotopic (exact) mass is 249 g/mol. The molecule has 2 aromatic heterocycles. The molecule has 0 radical (unpaired) electrons. The summed E-state index contributed by atoms with van der Waals surface area (Å²) in [6.07, 6.45) is 3.37. The first kappa shape index (κ1) is 12.7. The Bertz CT molecular complexity index is 517. The van der Waals surface area contributed by atoms with Crippen LogP contribution in [0, 0.1) is 5.41 Å². The van der Waals surface area contributed by atoms with E-state index in [0.717, 1.165) is 18.9 Å². The molecular weight excluding hydrogens is 230 g/mol. The number of nitrogens with zero attached hydrogens (tertiary/aromatic N) is 6. The van der Waals surface area contributed by atoms with E-state index in [1.807, 2.05) is 0 Å². The van der Waals surface area contributed by atoms with E-state index in [1.165, 1.54) is 0 Å². The first-order chi connectivity index (χ1) is 8.48. The van der Waals surface area contributed by atoms with E-state index in [4.69, 9.17) is 0 Å². The van der Waals surface area contributed by atoms with Gasteiger partial charge in [0.15, 0.2) is 5.65 Å². The number of hydrogen-bond donors (Lipinski definition) is 1. The average Bonchev–Trinajstić information content (AvgIpc) is 2.72. The van der Waals surface area contributed by atoms with Crippen LogP contribution in [0.2, 0.25) is 0 Å². The van der Waals surface area contributed by atoms with E-state index in [0.29, 0.717) is 5.65 Å². The highest BCUT2D eigenvalue weighted by molar-refractivity contribution is 5.43. The van der Waals surface area contributed by atoms with E-state index in [2.05, 4.69) is 58.7 Å². The summed E-state index contributed by atoms with van der Waals surface area (Å²) in [5.41, 5.74) is 0.796. The molecule has 0 saturated heterocycles. The van der Waals surface area contributed by atoms with Crippen molar-refractivity contribution in [3.63, 3.8) is 0 Å². The van der Waals surface area contributed by atoms with Crippen molar-refractivity contribution in [1.82, 2.24) is 29.9 Å². The Morgan fingerprint density at radius 2 is 2.11 bits per heavy atom. The normalized spacial score (nSPS) is 12.3. The molecule has 0 atom stereocenters. The molecule has 0 spiro atoms. The van der Waals surface area contributed by atoms with E-state index < -0.39 is 0 Å². The second kappa shape index (κ2) is 4.85. The Morgan fingerprint density at radius 1 is 1.33 bits per heavy atom. The van der Waals surface area contributed by atoms with Crippen LogP contribution >= 0.6 is 0 Å². The molecule has 0 unspecified atom stereocenters. The van der Waals surface area contributed by atoms with Gasteiger partial charge in [-0.3, -0.25) is 4.98 Å². The SMILES string of the molecule is CN(C)CC(C)(C)CNc1cncc2nnnn12. The number of tetrazole rings is 1. The van der Waals surface area contributed by atoms with Crippen LogP contribution in [0.15, 0.2) is 12.4 Å². The number of rotatable bonds is 5. The molecule has 0 aromatic carbocycles. The summed E-state index contributed by atoms with van der Waals surface area (Å²) in [4.78, 5) is 6.29. The lowest BCUT2D eigenvalue weighted by Crippen LogP contribution is -2.34. The highest BCUT2D eigenvalue weighted by atomic mass is 15.5. The summed E-state index contributed by atoms with van der Waals surface area (Å²) < 4.78 is 1.65. The van der Waals surface area contributed by atoms with E-state index >= 15 is 0 Å². The molecule has 7 nitrogen and oxygen atoms in total. The van der Waals surface area contributed by atoms with Gasteiger partial charge in [-0.25, -0.2) is 0 Å². The van der Waals surface area contributed by atoms with Crippen molar-refractivity contribution in [2.45, 2.75) is 13.8 Å². The molecule has 7 heteroatoms. The van der Waals surface area contributed by atoms with E-state index in [-0.39, 0.29) is 5.41 Å². The topological polar surface area (TPSA) is 71.2 Å². The third kappa shape index (κ3) is 2.92. The Morgan fingerprint density at radius 3 is 2.83 bits per heavy atom. The van der Waals surface area contributed by atoms with Gasteiger partial charge in [0.25, 0.3) is 0 Å². The summed E-state index contributed by atoms with van der Waals surface area (Å²) in [7, 11) is 4.15. The lowest BCUT2D eigenvalue weighted by atomic mass is 9.93. The van der Waals surface area contributed by atoms with Crippen molar-refractivity contribution in [1.29, 1.82) is 0 Å². The summed E-state index contributed by atoms with van der Waals surface area (Å²) >= 11 is 0. The number of hydrogen-bond acceptors (Lipinski definition) is 6. The Hall–Kier alpha value is -1.76. The fraction of sp³-hybridized carbons (Fsp3) is 0.636. The molecule has 0 bridgehead atoms. The van der Waals surface area contributed by atoms with Crippen molar-refractivity contribution < 1.29 is 0 Å². The van der Waals surface area contributed by atoms with Crippen LogP contribution in [0.25, 0.3) is 5.65 Å². The number of aromatic nitrogens is 5. The van der Waals surface area contributed by atoms with Gasteiger partial charge in [-0.1, -0.05) is 13.8 Å². The van der Waals surface area contributed by atoms with Crippen LogP contribution in [-0.4, -0.2) is 57.1 Å². The summed E-state index contributed by atoms with van der Waals surface area (Å²) in [6, 6.07) is 0. The molecule has 0 aliphatic rings. The van der Waals surface area contributed by atoms with Gasteiger partial charge in [0.05, 0.1) is 12.4 Å². The Labute approximate surface area is 106 Å². The average molecular weight is 249 g/mol. The molecule has 2 aromatic rings. The maximum Gasteiger partial charge on any atom is 0.199 e. The highest BCUT2D eigenvalue weighted by Crippen LogP contribution is 2.17. The summed E-state index contributed by atoms with van der Waals surface area (Å²) in [5.74, 6) is 0.810. The lowest BCUT2D eigenvalue weighted by Gasteiger charge is -2.28. The summed E-state index contributed by atoms with van der Waals surface area (Å²) in [6.45, 7) is 6.26. The molecule has 0 fully saturated rings. The number of nitrogens with one attached hydrogen (secondary N) is 1. The maximum atomic E-state index is 4.11. The molecule has 0 saturated carbocycles. The quantitative estimate of drug-likeness (QED) is 0.833. The molecule has 2 rings (SSSR count). The van der Waals surface area contributed by atoms with Gasteiger partial charge in [0.2, 0.25) is 0 Å².